The molecule has 10 nitrogen and oxygen atoms in total. The standard InChI is InChI=1S/C25H27ClN4O6S/c26-18-6-7-21(27-12-18)28-22(31)15-37-16-23(32)29-10-8-19(9-11-29)30-20(14-36-25(30)34)24(33)35-13-17-4-2-1-3-5-17/h1-7,12,19-20H,8-11,13-16H2,(H,27,28,31)/t20-/m0/s1. The van der Waals surface area contributed by atoms with Crippen molar-refractivity contribution in [3.63, 3.8) is 0 Å². The SMILES string of the molecule is O=C(CSCC(=O)N1CCC(N2C(=O)OC[C@H]2C(=O)OCc2ccccc2)CC1)Nc1ccc(Cl)cn1. The lowest BCUT2D eigenvalue weighted by molar-refractivity contribution is -0.150. The predicted octanol–water partition coefficient (Wildman–Crippen LogP) is 2.96. The van der Waals surface area contributed by atoms with Crippen molar-refractivity contribution >= 4 is 53.1 Å². The fourth-order valence-corrected chi connectivity index (χ4v) is 5.02. The number of ether oxygens (including phenoxy) is 2. The van der Waals surface area contributed by atoms with Crippen LogP contribution in [0.3, 0.4) is 0 Å². The van der Waals surface area contributed by atoms with Crippen LogP contribution in [0.1, 0.15) is 18.4 Å². The molecule has 1 aromatic heterocycles. The molecule has 37 heavy (non-hydrogen) atoms. The zero-order valence-electron chi connectivity index (χ0n) is 20.0. The number of hydrogen-bond acceptors (Lipinski definition) is 8. The number of rotatable bonds is 9. The molecule has 0 spiro atoms. The number of anilines is 1. The van der Waals surface area contributed by atoms with E-state index in [9.17, 15) is 19.2 Å². The number of amides is 3. The van der Waals surface area contributed by atoms with Gasteiger partial charge in [-0.3, -0.25) is 14.5 Å². The number of thioether (sulfide) groups is 1. The molecule has 12 heteroatoms. The van der Waals surface area contributed by atoms with Crippen molar-refractivity contribution in [2.24, 2.45) is 0 Å². The Labute approximate surface area is 223 Å². The molecule has 2 fully saturated rings. The summed E-state index contributed by atoms with van der Waals surface area (Å²) in [4.78, 5) is 57.0. The number of hydrogen-bond donors (Lipinski definition) is 1. The van der Waals surface area contributed by atoms with E-state index in [-0.39, 0.29) is 42.6 Å². The van der Waals surface area contributed by atoms with Gasteiger partial charge in [-0.05, 0) is 30.5 Å². The molecule has 0 unspecified atom stereocenters. The van der Waals surface area contributed by atoms with E-state index in [2.05, 4.69) is 10.3 Å². The number of carbonyl (C=O) groups excluding carboxylic acids is 4. The normalized spacial score (nSPS) is 17.9. The van der Waals surface area contributed by atoms with Gasteiger partial charge in [-0.2, -0.15) is 0 Å². The monoisotopic (exact) mass is 546 g/mol. The lowest BCUT2D eigenvalue weighted by atomic mass is 10.0. The third-order valence-electron chi connectivity index (χ3n) is 6.07. The first-order valence-corrected chi connectivity index (χ1v) is 13.4. The van der Waals surface area contributed by atoms with Crippen molar-refractivity contribution in [3.05, 3.63) is 59.2 Å². The van der Waals surface area contributed by atoms with E-state index in [1.807, 2.05) is 30.3 Å². The van der Waals surface area contributed by atoms with Crippen molar-refractivity contribution in [2.45, 2.75) is 31.5 Å². The number of piperidine rings is 1. The Morgan fingerprint density at radius 2 is 1.86 bits per heavy atom. The lowest BCUT2D eigenvalue weighted by Gasteiger charge is -2.37. The molecule has 196 valence electrons. The highest BCUT2D eigenvalue weighted by molar-refractivity contribution is 8.00. The first-order chi connectivity index (χ1) is 17.9. The van der Waals surface area contributed by atoms with Crippen LogP contribution < -0.4 is 5.32 Å². The summed E-state index contributed by atoms with van der Waals surface area (Å²) in [7, 11) is 0. The number of esters is 1. The van der Waals surface area contributed by atoms with E-state index in [4.69, 9.17) is 21.1 Å². The number of nitrogens with one attached hydrogen (secondary N) is 1. The van der Waals surface area contributed by atoms with Crippen LogP contribution in [-0.2, 0) is 30.5 Å². The summed E-state index contributed by atoms with van der Waals surface area (Å²) in [5.41, 5.74) is 0.858. The van der Waals surface area contributed by atoms with Crippen LogP contribution in [-0.4, -0.2) is 81.9 Å². The van der Waals surface area contributed by atoms with E-state index in [0.717, 1.165) is 5.56 Å². The average molecular weight is 547 g/mol. The maximum Gasteiger partial charge on any atom is 0.410 e. The summed E-state index contributed by atoms with van der Waals surface area (Å²) < 4.78 is 10.6. The van der Waals surface area contributed by atoms with Crippen LogP contribution in [0.5, 0.6) is 0 Å². The van der Waals surface area contributed by atoms with Gasteiger partial charge >= 0.3 is 12.1 Å². The van der Waals surface area contributed by atoms with Gasteiger partial charge in [0.05, 0.1) is 16.5 Å². The van der Waals surface area contributed by atoms with Crippen molar-refractivity contribution < 1.29 is 28.7 Å². The van der Waals surface area contributed by atoms with Crippen LogP contribution >= 0.6 is 23.4 Å². The fraction of sp³-hybridized carbons (Fsp3) is 0.400. The Bertz CT molecular complexity index is 1110. The van der Waals surface area contributed by atoms with Crippen molar-refractivity contribution in [2.75, 3.05) is 36.5 Å². The highest BCUT2D eigenvalue weighted by Crippen LogP contribution is 2.25. The molecule has 4 rings (SSSR count). The molecule has 3 amide bonds. The minimum absolute atomic E-state index is 0.0458. The second kappa shape index (κ2) is 12.8. The molecule has 1 N–H and O–H groups in total. The summed E-state index contributed by atoms with van der Waals surface area (Å²) in [6.07, 6.45) is 1.95. The molecule has 1 atom stereocenters. The highest BCUT2D eigenvalue weighted by Gasteiger charge is 2.44. The fourth-order valence-electron chi connectivity index (χ4n) is 4.19. The molecule has 2 aromatic rings. The van der Waals surface area contributed by atoms with Crippen LogP contribution in [0.2, 0.25) is 5.02 Å². The third kappa shape index (κ3) is 7.36. The summed E-state index contributed by atoms with van der Waals surface area (Å²) in [6, 6.07) is 11.5. The number of benzene rings is 1. The van der Waals surface area contributed by atoms with E-state index in [1.165, 1.54) is 22.9 Å². The molecule has 0 bridgehead atoms. The minimum Gasteiger partial charge on any atom is -0.459 e. The van der Waals surface area contributed by atoms with Crippen LogP contribution in [0, 0.1) is 0 Å². The molecule has 2 aliphatic heterocycles. The molecule has 0 radical (unpaired) electrons. The van der Waals surface area contributed by atoms with E-state index < -0.39 is 18.1 Å². The molecule has 0 saturated carbocycles. The maximum atomic E-state index is 12.7. The van der Waals surface area contributed by atoms with Gasteiger partial charge in [-0.15, -0.1) is 11.8 Å². The second-order valence-electron chi connectivity index (χ2n) is 8.61. The zero-order chi connectivity index (χ0) is 26.2. The number of aromatic nitrogens is 1. The molecule has 1 aromatic carbocycles. The average Bonchev–Trinajstić information content (AvgIpc) is 3.30. The Kier molecular flexibility index (Phi) is 9.24. The Hall–Kier alpha value is -3.31. The first-order valence-electron chi connectivity index (χ1n) is 11.8. The molecular formula is C25H27ClN4O6S. The van der Waals surface area contributed by atoms with Crippen LogP contribution in [0.4, 0.5) is 10.6 Å². The molecule has 0 aliphatic carbocycles. The smallest absolute Gasteiger partial charge is 0.410 e. The van der Waals surface area contributed by atoms with E-state index >= 15 is 0 Å². The van der Waals surface area contributed by atoms with E-state index in [0.29, 0.717) is 36.8 Å². The van der Waals surface area contributed by atoms with Crippen molar-refractivity contribution in [1.29, 1.82) is 0 Å². The van der Waals surface area contributed by atoms with Gasteiger partial charge in [0, 0.05) is 25.3 Å². The lowest BCUT2D eigenvalue weighted by Crippen LogP contribution is -2.52. The Morgan fingerprint density at radius 1 is 1.11 bits per heavy atom. The first kappa shape index (κ1) is 26.7. The highest BCUT2D eigenvalue weighted by atomic mass is 35.5. The van der Waals surface area contributed by atoms with Gasteiger partial charge < -0.3 is 19.7 Å². The summed E-state index contributed by atoms with van der Waals surface area (Å²) in [6.45, 7) is 0.966. The molecular weight excluding hydrogens is 520 g/mol. The minimum atomic E-state index is -0.798. The van der Waals surface area contributed by atoms with Crippen LogP contribution in [0.15, 0.2) is 48.7 Å². The number of cyclic esters (lactones) is 1. The Morgan fingerprint density at radius 3 is 2.57 bits per heavy atom. The number of carbonyl (C=O) groups is 4. The number of nitrogens with zero attached hydrogens (tertiary/aromatic N) is 3. The largest absolute Gasteiger partial charge is 0.459 e. The second-order valence-corrected chi connectivity index (χ2v) is 10.0. The molecule has 2 saturated heterocycles. The topological polar surface area (TPSA) is 118 Å². The quantitative estimate of drug-likeness (QED) is 0.477. The van der Waals surface area contributed by atoms with Gasteiger partial charge in [0.25, 0.3) is 0 Å². The van der Waals surface area contributed by atoms with Crippen LogP contribution in [0.25, 0.3) is 0 Å². The van der Waals surface area contributed by atoms with Crippen molar-refractivity contribution in [1.82, 2.24) is 14.8 Å². The maximum absolute atomic E-state index is 12.7. The molecule has 2 aliphatic rings. The Balaban J connectivity index is 1.19. The number of pyridine rings is 1. The summed E-state index contributed by atoms with van der Waals surface area (Å²) in [5, 5.41) is 3.13. The number of likely N-dealkylation sites (tertiary alicyclic amines) is 1. The molecule has 3 heterocycles. The van der Waals surface area contributed by atoms with E-state index in [1.54, 1.807) is 17.0 Å². The van der Waals surface area contributed by atoms with Gasteiger partial charge in [-0.1, -0.05) is 41.9 Å². The zero-order valence-corrected chi connectivity index (χ0v) is 21.6. The van der Waals surface area contributed by atoms with Crippen molar-refractivity contribution in [3.8, 4) is 0 Å². The van der Waals surface area contributed by atoms with Gasteiger partial charge in [0.2, 0.25) is 11.8 Å². The summed E-state index contributed by atoms with van der Waals surface area (Å²) >= 11 is 7.00. The van der Waals surface area contributed by atoms with Gasteiger partial charge in [0.1, 0.15) is 19.0 Å². The predicted molar refractivity (Wildman–Crippen MR) is 138 cm³/mol. The number of halogens is 1. The summed E-state index contributed by atoms with van der Waals surface area (Å²) in [5.74, 6) is -0.180. The van der Waals surface area contributed by atoms with Gasteiger partial charge in [0.15, 0.2) is 6.04 Å². The third-order valence-corrected chi connectivity index (χ3v) is 7.21. The van der Waals surface area contributed by atoms with Gasteiger partial charge in [-0.25, -0.2) is 14.6 Å².